The molecule has 1 aromatic carbocycles. The minimum Gasteiger partial charge on any atom is -0.383 e. The van der Waals surface area contributed by atoms with Crippen LogP contribution >= 0.6 is 0 Å². The number of rotatable bonds is 4. The molecular formula is C20H22N4O4S. The Morgan fingerprint density at radius 1 is 1.07 bits per heavy atom. The van der Waals surface area contributed by atoms with Crippen LogP contribution in [-0.2, 0) is 14.8 Å². The van der Waals surface area contributed by atoms with Crippen molar-refractivity contribution in [1.29, 1.82) is 0 Å². The van der Waals surface area contributed by atoms with Gasteiger partial charge >= 0.3 is 0 Å². The highest BCUT2D eigenvalue weighted by Gasteiger charge is 2.27. The number of ether oxygens (including phenoxy) is 1. The molecule has 29 heavy (non-hydrogen) atoms. The third kappa shape index (κ3) is 3.76. The minimum absolute atomic E-state index is 0.244. The Bertz CT molecular complexity index is 1150. The molecule has 1 saturated heterocycles. The van der Waals surface area contributed by atoms with Gasteiger partial charge in [-0.05, 0) is 43.2 Å². The highest BCUT2D eigenvalue weighted by atomic mass is 32.2. The Hall–Kier alpha value is -2.75. The van der Waals surface area contributed by atoms with E-state index in [0.29, 0.717) is 43.4 Å². The monoisotopic (exact) mass is 414 g/mol. The van der Waals surface area contributed by atoms with Gasteiger partial charge in [0.2, 0.25) is 10.0 Å². The number of benzene rings is 1. The maximum atomic E-state index is 13.0. The topological polar surface area (TPSA) is 112 Å². The second-order valence-corrected chi connectivity index (χ2v) is 8.92. The number of morpholine rings is 1. The Balaban J connectivity index is 1.77. The first-order chi connectivity index (χ1) is 13.9. The fourth-order valence-corrected chi connectivity index (χ4v) is 4.75. The maximum Gasteiger partial charge on any atom is 0.243 e. The van der Waals surface area contributed by atoms with Gasteiger partial charge in [-0.3, -0.25) is 0 Å². The van der Waals surface area contributed by atoms with Crippen LogP contribution in [0.25, 0.3) is 22.5 Å². The lowest BCUT2D eigenvalue weighted by atomic mass is 10.00. The van der Waals surface area contributed by atoms with Gasteiger partial charge in [0, 0.05) is 30.9 Å². The highest BCUT2D eigenvalue weighted by Crippen LogP contribution is 2.33. The number of nitrogens with two attached hydrogens (primary N) is 1. The first-order valence-corrected chi connectivity index (χ1v) is 10.7. The van der Waals surface area contributed by atoms with E-state index in [0.717, 1.165) is 22.4 Å². The van der Waals surface area contributed by atoms with Gasteiger partial charge in [0.15, 0.2) is 5.76 Å². The van der Waals surface area contributed by atoms with E-state index in [9.17, 15) is 8.42 Å². The number of pyridine rings is 1. The summed E-state index contributed by atoms with van der Waals surface area (Å²) in [5.41, 5.74) is 9.83. The maximum absolute atomic E-state index is 13.0. The molecule has 2 N–H and O–H groups in total. The summed E-state index contributed by atoms with van der Waals surface area (Å²) in [6.45, 7) is 5.26. The Kier molecular flexibility index (Phi) is 5.12. The molecule has 0 saturated carbocycles. The van der Waals surface area contributed by atoms with Crippen molar-refractivity contribution in [2.75, 3.05) is 32.0 Å². The average molecular weight is 414 g/mol. The Morgan fingerprint density at radius 3 is 2.52 bits per heavy atom. The van der Waals surface area contributed by atoms with E-state index >= 15 is 0 Å². The number of anilines is 1. The number of aromatic nitrogens is 2. The van der Waals surface area contributed by atoms with E-state index in [-0.39, 0.29) is 4.90 Å². The third-order valence-corrected chi connectivity index (χ3v) is 6.83. The summed E-state index contributed by atoms with van der Waals surface area (Å²) < 4.78 is 38.1. The highest BCUT2D eigenvalue weighted by molar-refractivity contribution is 7.89. The van der Waals surface area contributed by atoms with Crippen LogP contribution in [0.1, 0.15) is 11.3 Å². The van der Waals surface area contributed by atoms with Crippen molar-refractivity contribution in [2.45, 2.75) is 18.7 Å². The van der Waals surface area contributed by atoms with E-state index in [2.05, 4.69) is 10.1 Å². The smallest absolute Gasteiger partial charge is 0.243 e. The zero-order valence-electron chi connectivity index (χ0n) is 16.3. The molecule has 1 fully saturated rings. The number of sulfonamides is 1. The molecule has 0 unspecified atom stereocenters. The van der Waals surface area contributed by atoms with Crippen molar-refractivity contribution in [3.05, 3.63) is 47.8 Å². The zero-order chi connectivity index (χ0) is 20.6. The lowest BCUT2D eigenvalue weighted by molar-refractivity contribution is 0.0730. The standard InChI is InChI=1S/C20H22N4O4S/c1-13-3-4-16(29(25,26)24-5-7-27-8-6-24)11-17(13)15-10-18(20(21)22-12-15)19-9-14(2)23-28-19/h3-4,9-12H,5-8H2,1-2H3,(H2,21,22). The van der Waals surface area contributed by atoms with Crippen LogP contribution in [0.3, 0.4) is 0 Å². The minimum atomic E-state index is -3.60. The molecule has 1 aliphatic rings. The van der Waals surface area contributed by atoms with Crippen LogP contribution in [-0.4, -0.2) is 49.2 Å². The van der Waals surface area contributed by atoms with Crippen LogP contribution in [0.15, 0.2) is 45.9 Å². The van der Waals surface area contributed by atoms with Gasteiger partial charge in [-0.2, -0.15) is 4.31 Å². The van der Waals surface area contributed by atoms with Gasteiger partial charge in [-0.15, -0.1) is 0 Å². The van der Waals surface area contributed by atoms with Gasteiger partial charge in [-0.1, -0.05) is 11.2 Å². The largest absolute Gasteiger partial charge is 0.383 e. The molecule has 0 amide bonds. The van der Waals surface area contributed by atoms with Crippen LogP contribution in [0.5, 0.6) is 0 Å². The van der Waals surface area contributed by atoms with Crippen LogP contribution in [0, 0.1) is 13.8 Å². The van der Waals surface area contributed by atoms with Crippen molar-refractivity contribution < 1.29 is 17.7 Å². The molecule has 9 heteroatoms. The lowest BCUT2D eigenvalue weighted by Crippen LogP contribution is -2.40. The molecule has 3 aromatic rings. The summed E-state index contributed by atoms with van der Waals surface area (Å²) in [5.74, 6) is 0.837. The van der Waals surface area contributed by atoms with Crippen LogP contribution in [0.2, 0.25) is 0 Å². The Morgan fingerprint density at radius 2 is 1.83 bits per heavy atom. The molecule has 0 aliphatic carbocycles. The van der Waals surface area contributed by atoms with Crippen molar-refractivity contribution in [2.24, 2.45) is 0 Å². The van der Waals surface area contributed by atoms with Gasteiger partial charge in [0.05, 0.1) is 29.4 Å². The quantitative estimate of drug-likeness (QED) is 0.698. The first kappa shape index (κ1) is 19.6. The van der Waals surface area contributed by atoms with E-state index < -0.39 is 10.0 Å². The summed E-state index contributed by atoms with van der Waals surface area (Å²) in [7, 11) is -3.60. The molecule has 4 rings (SSSR count). The number of aryl methyl sites for hydroxylation is 2. The molecule has 152 valence electrons. The molecule has 0 radical (unpaired) electrons. The summed E-state index contributed by atoms with van der Waals surface area (Å²) in [6.07, 6.45) is 1.63. The average Bonchev–Trinajstić information content (AvgIpc) is 3.15. The molecule has 0 atom stereocenters. The van der Waals surface area contributed by atoms with Crippen molar-refractivity contribution in [3.63, 3.8) is 0 Å². The summed E-state index contributed by atoms with van der Waals surface area (Å²) in [6, 6.07) is 8.74. The zero-order valence-corrected chi connectivity index (χ0v) is 17.1. The summed E-state index contributed by atoms with van der Waals surface area (Å²) in [5, 5.41) is 3.90. The first-order valence-electron chi connectivity index (χ1n) is 9.24. The summed E-state index contributed by atoms with van der Waals surface area (Å²) in [4.78, 5) is 4.52. The van der Waals surface area contributed by atoms with Gasteiger partial charge < -0.3 is 15.0 Å². The fourth-order valence-electron chi connectivity index (χ4n) is 3.32. The lowest BCUT2D eigenvalue weighted by Gasteiger charge is -2.26. The normalized spacial score (nSPS) is 15.5. The fraction of sp³-hybridized carbons (Fsp3) is 0.300. The molecule has 1 aliphatic heterocycles. The van der Waals surface area contributed by atoms with Crippen molar-refractivity contribution in [3.8, 4) is 22.5 Å². The SMILES string of the molecule is Cc1cc(-c2cc(-c3cc(S(=O)(=O)N4CCOCC4)ccc3C)cnc2N)on1. The molecule has 3 heterocycles. The third-order valence-electron chi connectivity index (χ3n) is 4.94. The number of nitrogens with zero attached hydrogens (tertiary/aromatic N) is 3. The number of hydrogen-bond acceptors (Lipinski definition) is 7. The predicted octanol–water partition coefficient (Wildman–Crippen LogP) is 2.62. The molecule has 0 spiro atoms. The van der Waals surface area contributed by atoms with E-state index in [4.69, 9.17) is 15.0 Å². The van der Waals surface area contributed by atoms with Gasteiger partial charge in [0.1, 0.15) is 5.82 Å². The second-order valence-electron chi connectivity index (χ2n) is 6.98. The van der Waals surface area contributed by atoms with Crippen molar-refractivity contribution >= 4 is 15.8 Å². The van der Waals surface area contributed by atoms with Gasteiger partial charge in [-0.25, -0.2) is 13.4 Å². The van der Waals surface area contributed by atoms with E-state index in [1.54, 1.807) is 30.5 Å². The van der Waals surface area contributed by atoms with Crippen molar-refractivity contribution in [1.82, 2.24) is 14.4 Å². The number of hydrogen-bond donors (Lipinski definition) is 1. The van der Waals surface area contributed by atoms with E-state index in [1.165, 1.54) is 4.31 Å². The summed E-state index contributed by atoms with van der Waals surface area (Å²) >= 11 is 0. The number of nitrogen functional groups attached to an aromatic ring is 1. The predicted molar refractivity (Wildman–Crippen MR) is 109 cm³/mol. The molecule has 8 nitrogen and oxygen atoms in total. The second kappa shape index (κ2) is 7.58. The Labute approximate surface area is 169 Å². The molecule has 2 aromatic heterocycles. The molecule has 0 bridgehead atoms. The van der Waals surface area contributed by atoms with Crippen LogP contribution in [0.4, 0.5) is 5.82 Å². The van der Waals surface area contributed by atoms with Gasteiger partial charge in [0.25, 0.3) is 0 Å². The van der Waals surface area contributed by atoms with Crippen LogP contribution < -0.4 is 5.73 Å². The van der Waals surface area contributed by atoms with E-state index in [1.807, 2.05) is 19.9 Å². The molecular weight excluding hydrogens is 392 g/mol.